The summed E-state index contributed by atoms with van der Waals surface area (Å²) in [5, 5.41) is 5.61. The molecule has 0 fully saturated rings. The van der Waals surface area contributed by atoms with Crippen LogP contribution in [0.1, 0.15) is 21.5 Å². The number of nitrogens with one attached hydrogen (secondary N) is 2. The maximum atomic E-state index is 12.4. The Morgan fingerprint density at radius 2 is 1.80 bits per heavy atom. The van der Waals surface area contributed by atoms with Crippen molar-refractivity contribution in [1.29, 1.82) is 0 Å². The Balaban J connectivity index is 1.25. The summed E-state index contributed by atoms with van der Waals surface area (Å²) in [6.07, 6.45) is 0.704. The van der Waals surface area contributed by atoms with Gasteiger partial charge in [0.05, 0.1) is 5.69 Å². The van der Waals surface area contributed by atoms with Gasteiger partial charge in [0.25, 0.3) is 11.8 Å². The van der Waals surface area contributed by atoms with Crippen molar-refractivity contribution < 1.29 is 19.1 Å². The first kappa shape index (κ1) is 19.5. The molecule has 0 saturated heterocycles. The van der Waals surface area contributed by atoms with Gasteiger partial charge in [0.15, 0.2) is 6.61 Å². The minimum atomic E-state index is -0.226. The molecule has 0 saturated carbocycles. The summed E-state index contributed by atoms with van der Waals surface area (Å²) in [6, 6.07) is 22.9. The number of benzene rings is 3. The summed E-state index contributed by atoms with van der Waals surface area (Å²) in [5.41, 5.74) is 3.22. The first-order chi connectivity index (χ1) is 14.7. The van der Waals surface area contributed by atoms with Crippen LogP contribution in [0.5, 0.6) is 11.5 Å². The third-order valence-corrected chi connectivity index (χ3v) is 4.75. The van der Waals surface area contributed by atoms with Crippen LogP contribution in [0.15, 0.2) is 72.8 Å². The number of hydrogen-bond acceptors (Lipinski definition) is 4. The number of amides is 2. The van der Waals surface area contributed by atoms with Crippen LogP contribution in [0.2, 0.25) is 0 Å². The van der Waals surface area contributed by atoms with Crippen molar-refractivity contribution in [2.45, 2.75) is 13.0 Å². The van der Waals surface area contributed by atoms with Gasteiger partial charge in [-0.05, 0) is 47.9 Å². The number of anilines is 1. The molecule has 4 rings (SSSR count). The zero-order chi connectivity index (χ0) is 20.8. The van der Waals surface area contributed by atoms with E-state index in [9.17, 15) is 9.59 Å². The van der Waals surface area contributed by atoms with Crippen LogP contribution in [-0.4, -0.2) is 25.0 Å². The number of carbonyl (C=O) groups excluding carboxylic acids is 2. The van der Waals surface area contributed by atoms with Gasteiger partial charge in [0.1, 0.15) is 18.1 Å². The molecular formula is C24H22N2O4. The summed E-state index contributed by atoms with van der Waals surface area (Å²) in [7, 11) is 0. The fraction of sp³-hybridized carbons (Fsp3) is 0.167. The number of rotatable bonds is 7. The number of carbonyl (C=O) groups is 2. The highest BCUT2D eigenvalue weighted by Gasteiger charge is 2.17. The van der Waals surface area contributed by atoms with Crippen molar-refractivity contribution in [2.75, 3.05) is 18.5 Å². The van der Waals surface area contributed by atoms with Crippen LogP contribution >= 0.6 is 0 Å². The molecule has 152 valence electrons. The van der Waals surface area contributed by atoms with Crippen molar-refractivity contribution in [1.82, 2.24) is 5.32 Å². The van der Waals surface area contributed by atoms with Crippen LogP contribution in [-0.2, 0) is 17.8 Å². The smallest absolute Gasteiger partial charge is 0.262 e. The summed E-state index contributed by atoms with van der Waals surface area (Å²) in [4.78, 5) is 23.8. The van der Waals surface area contributed by atoms with E-state index in [1.54, 1.807) is 18.2 Å². The monoisotopic (exact) mass is 402 g/mol. The average molecular weight is 402 g/mol. The van der Waals surface area contributed by atoms with Gasteiger partial charge in [-0.15, -0.1) is 0 Å². The highest BCUT2D eigenvalue weighted by Crippen LogP contribution is 2.28. The van der Waals surface area contributed by atoms with E-state index in [0.29, 0.717) is 36.6 Å². The van der Waals surface area contributed by atoms with Gasteiger partial charge in [-0.2, -0.15) is 0 Å². The standard InChI is InChI=1S/C24H22N2O4/c27-23-16-30-22-11-8-19(14-21(22)26-23)24(28)25-13-12-17-6-9-20(10-7-17)29-15-18-4-2-1-3-5-18/h1-11,14H,12-13,15-16H2,(H,25,28)(H,26,27). The lowest BCUT2D eigenvalue weighted by Crippen LogP contribution is -2.28. The van der Waals surface area contributed by atoms with Crippen molar-refractivity contribution in [3.8, 4) is 11.5 Å². The molecule has 0 radical (unpaired) electrons. The second-order valence-electron chi connectivity index (χ2n) is 6.97. The van der Waals surface area contributed by atoms with Gasteiger partial charge in [-0.25, -0.2) is 0 Å². The first-order valence-electron chi connectivity index (χ1n) is 9.78. The van der Waals surface area contributed by atoms with Crippen LogP contribution in [0.4, 0.5) is 5.69 Å². The quantitative estimate of drug-likeness (QED) is 0.634. The van der Waals surface area contributed by atoms with E-state index in [1.807, 2.05) is 54.6 Å². The number of fused-ring (bicyclic) bond motifs is 1. The predicted octanol–water partition coefficient (Wildman–Crippen LogP) is 3.57. The van der Waals surface area contributed by atoms with Gasteiger partial charge >= 0.3 is 0 Å². The largest absolute Gasteiger partial charge is 0.489 e. The lowest BCUT2D eigenvalue weighted by atomic mass is 10.1. The molecule has 0 aromatic heterocycles. The zero-order valence-electron chi connectivity index (χ0n) is 16.4. The predicted molar refractivity (Wildman–Crippen MR) is 114 cm³/mol. The maximum absolute atomic E-state index is 12.4. The minimum absolute atomic E-state index is 0.00533. The molecule has 6 nitrogen and oxygen atoms in total. The number of hydrogen-bond donors (Lipinski definition) is 2. The molecule has 1 aliphatic heterocycles. The lowest BCUT2D eigenvalue weighted by Gasteiger charge is -2.18. The Bertz CT molecular complexity index is 1030. The summed E-state index contributed by atoms with van der Waals surface area (Å²) in [6.45, 7) is 1.03. The maximum Gasteiger partial charge on any atom is 0.262 e. The van der Waals surface area contributed by atoms with Crippen molar-refractivity contribution in [3.05, 3.63) is 89.5 Å². The molecule has 0 aliphatic carbocycles. The second kappa shape index (κ2) is 9.13. The Labute approximate surface area is 174 Å². The van der Waals surface area contributed by atoms with E-state index in [-0.39, 0.29) is 18.4 Å². The normalized spacial score (nSPS) is 12.3. The SMILES string of the molecule is O=C1COc2ccc(C(=O)NCCc3ccc(OCc4ccccc4)cc3)cc2N1. The lowest BCUT2D eigenvalue weighted by molar-refractivity contribution is -0.118. The minimum Gasteiger partial charge on any atom is -0.489 e. The Morgan fingerprint density at radius 1 is 1.00 bits per heavy atom. The zero-order valence-corrected chi connectivity index (χ0v) is 16.4. The van der Waals surface area contributed by atoms with E-state index in [2.05, 4.69) is 10.6 Å². The molecule has 30 heavy (non-hydrogen) atoms. The van der Waals surface area contributed by atoms with Crippen LogP contribution in [0, 0.1) is 0 Å². The molecular weight excluding hydrogens is 380 g/mol. The third-order valence-electron chi connectivity index (χ3n) is 4.75. The molecule has 0 atom stereocenters. The second-order valence-corrected chi connectivity index (χ2v) is 6.97. The van der Waals surface area contributed by atoms with Gasteiger partial charge in [0.2, 0.25) is 0 Å². The summed E-state index contributed by atoms with van der Waals surface area (Å²) in [5.74, 6) is 0.961. The van der Waals surface area contributed by atoms with E-state index in [0.717, 1.165) is 16.9 Å². The fourth-order valence-electron chi connectivity index (χ4n) is 3.14. The van der Waals surface area contributed by atoms with Crippen LogP contribution < -0.4 is 20.1 Å². The van der Waals surface area contributed by atoms with Crippen LogP contribution in [0.3, 0.4) is 0 Å². The highest BCUT2D eigenvalue weighted by atomic mass is 16.5. The van der Waals surface area contributed by atoms with Crippen LogP contribution in [0.25, 0.3) is 0 Å². The van der Waals surface area contributed by atoms with Gasteiger partial charge in [-0.3, -0.25) is 9.59 Å². The molecule has 6 heteroatoms. The topological polar surface area (TPSA) is 76.7 Å². The van der Waals surface area contributed by atoms with Gasteiger partial charge in [0, 0.05) is 12.1 Å². The highest BCUT2D eigenvalue weighted by molar-refractivity contribution is 5.99. The first-order valence-corrected chi connectivity index (χ1v) is 9.78. The molecule has 0 spiro atoms. The Hall–Kier alpha value is -3.80. The molecule has 1 heterocycles. The molecule has 3 aromatic carbocycles. The molecule has 1 aliphatic rings. The molecule has 2 amide bonds. The van der Waals surface area contributed by atoms with Crippen molar-refractivity contribution in [2.24, 2.45) is 0 Å². The van der Waals surface area contributed by atoms with E-state index >= 15 is 0 Å². The van der Waals surface area contributed by atoms with Gasteiger partial charge < -0.3 is 20.1 Å². The van der Waals surface area contributed by atoms with E-state index in [4.69, 9.17) is 9.47 Å². The third kappa shape index (κ3) is 4.97. The summed E-state index contributed by atoms with van der Waals surface area (Å²) >= 11 is 0. The molecule has 2 N–H and O–H groups in total. The molecule has 0 unspecified atom stereocenters. The average Bonchev–Trinajstić information content (AvgIpc) is 2.78. The fourth-order valence-corrected chi connectivity index (χ4v) is 3.14. The Kier molecular flexibility index (Phi) is 5.94. The van der Waals surface area contributed by atoms with Gasteiger partial charge in [-0.1, -0.05) is 42.5 Å². The molecule has 3 aromatic rings. The van der Waals surface area contributed by atoms with Crippen molar-refractivity contribution >= 4 is 17.5 Å². The van der Waals surface area contributed by atoms with E-state index in [1.165, 1.54) is 0 Å². The Morgan fingerprint density at radius 3 is 2.60 bits per heavy atom. The number of ether oxygens (including phenoxy) is 2. The van der Waals surface area contributed by atoms with Crippen molar-refractivity contribution in [3.63, 3.8) is 0 Å². The summed E-state index contributed by atoms with van der Waals surface area (Å²) < 4.78 is 11.1. The molecule has 0 bridgehead atoms. The van der Waals surface area contributed by atoms with E-state index < -0.39 is 0 Å².